The summed E-state index contributed by atoms with van der Waals surface area (Å²) in [7, 11) is 1.37. The lowest BCUT2D eigenvalue weighted by Crippen LogP contribution is -2.46. The number of esters is 1. The van der Waals surface area contributed by atoms with Gasteiger partial charge in [-0.05, 0) is 43.4 Å². The quantitative estimate of drug-likeness (QED) is 0.800. The lowest BCUT2D eigenvalue weighted by molar-refractivity contribution is -0.154. The lowest BCUT2D eigenvalue weighted by atomic mass is 9.86. The van der Waals surface area contributed by atoms with E-state index in [4.69, 9.17) is 9.47 Å². The fourth-order valence-electron chi connectivity index (χ4n) is 3.11. The predicted molar refractivity (Wildman–Crippen MR) is 91.8 cm³/mol. The molecule has 0 bridgehead atoms. The Morgan fingerprint density at radius 1 is 1.32 bits per heavy atom. The van der Waals surface area contributed by atoms with Gasteiger partial charge in [0.15, 0.2) is 17.7 Å². The summed E-state index contributed by atoms with van der Waals surface area (Å²) in [5.41, 5.74) is 0.469. The first-order valence-electron chi connectivity index (χ1n) is 8.73. The maximum absolute atomic E-state index is 13.6. The number of carbonyl (C=O) groups is 2. The van der Waals surface area contributed by atoms with Crippen molar-refractivity contribution in [3.63, 3.8) is 0 Å². The Labute approximate surface area is 147 Å². The predicted octanol–water partition coefficient (Wildman–Crippen LogP) is 3.00. The van der Waals surface area contributed by atoms with Gasteiger partial charge in [0.05, 0.1) is 13.5 Å². The van der Waals surface area contributed by atoms with Crippen LogP contribution < -0.4 is 10.1 Å². The van der Waals surface area contributed by atoms with Crippen LogP contribution in [0.4, 0.5) is 4.39 Å². The molecule has 2 rings (SSSR count). The average molecular weight is 351 g/mol. The largest absolute Gasteiger partial charge is 0.494 e. The molecule has 0 saturated heterocycles. The Kier molecular flexibility index (Phi) is 6.79. The molecule has 1 amide bonds. The highest BCUT2D eigenvalue weighted by molar-refractivity contribution is 5.84. The number of ether oxygens (including phenoxy) is 2. The molecule has 1 N–H and O–H groups in total. The van der Waals surface area contributed by atoms with Gasteiger partial charge in [0, 0.05) is 6.04 Å². The minimum absolute atomic E-state index is 0.0988. The van der Waals surface area contributed by atoms with Crippen LogP contribution in [0, 0.1) is 11.7 Å². The number of rotatable bonds is 6. The Bertz CT molecular complexity index is 619. The van der Waals surface area contributed by atoms with E-state index in [9.17, 15) is 14.0 Å². The first-order chi connectivity index (χ1) is 11.9. The van der Waals surface area contributed by atoms with Crippen LogP contribution >= 0.6 is 0 Å². The number of methoxy groups -OCH3 is 1. The summed E-state index contributed by atoms with van der Waals surface area (Å²) in [5.74, 6) is -0.837. The molecule has 138 valence electrons. The van der Waals surface area contributed by atoms with Crippen molar-refractivity contribution in [3.8, 4) is 5.75 Å². The van der Waals surface area contributed by atoms with Gasteiger partial charge < -0.3 is 14.8 Å². The molecule has 0 aromatic heterocycles. The molecule has 6 heteroatoms. The van der Waals surface area contributed by atoms with Crippen LogP contribution in [0.5, 0.6) is 5.75 Å². The van der Waals surface area contributed by atoms with Crippen LogP contribution in [0.25, 0.3) is 0 Å². The Balaban J connectivity index is 1.84. The van der Waals surface area contributed by atoms with E-state index < -0.39 is 17.9 Å². The van der Waals surface area contributed by atoms with Gasteiger partial charge >= 0.3 is 5.97 Å². The maximum atomic E-state index is 13.6. The SMILES string of the molecule is COc1ccc(CC(=O)O[C@H](C)C(=O)N[C@H]2CCCC[C@@H]2C)cc1F. The molecule has 0 heterocycles. The Morgan fingerprint density at radius 3 is 2.68 bits per heavy atom. The van der Waals surface area contributed by atoms with E-state index in [1.54, 1.807) is 13.0 Å². The number of halogens is 1. The lowest BCUT2D eigenvalue weighted by Gasteiger charge is -2.30. The van der Waals surface area contributed by atoms with Crippen molar-refractivity contribution in [1.29, 1.82) is 0 Å². The van der Waals surface area contributed by atoms with E-state index in [1.165, 1.54) is 25.7 Å². The molecule has 0 unspecified atom stereocenters. The normalized spacial score (nSPS) is 21.3. The van der Waals surface area contributed by atoms with Crippen LogP contribution in [0.3, 0.4) is 0 Å². The summed E-state index contributed by atoms with van der Waals surface area (Å²) in [6, 6.07) is 4.42. The third-order valence-electron chi connectivity index (χ3n) is 4.68. The van der Waals surface area contributed by atoms with E-state index in [0.717, 1.165) is 19.3 Å². The van der Waals surface area contributed by atoms with E-state index in [2.05, 4.69) is 12.2 Å². The van der Waals surface area contributed by atoms with E-state index in [0.29, 0.717) is 11.5 Å². The maximum Gasteiger partial charge on any atom is 0.311 e. The topological polar surface area (TPSA) is 64.6 Å². The highest BCUT2D eigenvalue weighted by Crippen LogP contribution is 2.24. The molecule has 0 spiro atoms. The molecule has 0 radical (unpaired) electrons. The summed E-state index contributed by atoms with van der Waals surface area (Å²) >= 11 is 0. The molecule has 5 nitrogen and oxygen atoms in total. The van der Waals surface area contributed by atoms with Crippen LogP contribution in [0.1, 0.15) is 45.1 Å². The zero-order valence-corrected chi connectivity index (χ0v) is 15.0. The van der Waals surface area contributed by atoms with Gasteiger partial charge in [0.25, 0.3) is 5.91 Å². The highest BCUT2D eigenvalue weighted by Gasteiger charge is 2.26. The number of carbonyl (C=O) groups excluding carboxylic acids is 2. The molecule has 3 atom stereocenters. The van der Waals surface area contributed by atoms with Gasteiger partial charge in [-0.3, -0.25) is 9.59 Å². The summed E-state index contributed by atoms with van der Waals surface area (Å²) in [6.07, 6.45) is 3.38. The average Bonchev–Trinajstić information content (AvgIpc) is 2.57. The Morgan fingerprint density at radius 2 is 2.04 bits per heavy atom. The number of benzene rings is 1. The van der Waals surface area contributed by atoms with Crippen molar-refractivity contribution in [2.45, 2.75) is 58.1 Å². The van der Waals surface area contributed by atoms with E-state index in [1.807, 2.05) is 0 Å². The van der Waals surface area contributed by atoms with E-state index >= 15 is 0 Å². The molecule has 0 aliphatic heterocycles. The van der Waals surface area contributed by atoms with Crippen molar-refractivity contribution in [1.82, 2.24) is 5.32 Å². The summed E-state index contributed by atoms with van der Waals surface area (Å²) < 4.78 is 23.7. The van der Waals surface area contributed by atoms with Gasteiger partial charge in [-0.15, -0.1) is 0 Å². The van der Waals surface area contributed by atoms with Crippen LogP contribution in [0.15, 0.2) is 18.2 Å². The number of amides is 1. The van der Waals surface area contributed by atoms with Gasteiger partial charge in [-0.1, -0.05) is 25.8 Å². The van der Waals surface area contributed by atoms with Crippen LogP contribution in [-0.2, 0) is 20.7 Å². The summed E-state index contributed by atoms with van der Waals surface area (Å²) in [5, 5.41) is 2.97. The van der Waals surface area contributed by atoms with Crippen LogP contribution in [-0.4, -0.2) is 31.1 Å². The second-order valence-electron chi connectivity index (χ2n) is 6.65. The second-order valence-corrected chi connectivity index (χ2v) is 6.65. The molecule has 1 fully saturated rings. The fraction of sp³-hybridized carbons (Fsp3) is 0.579. The molecule has 1 aliphatic rings. The minimum Gasteiger partial charge on any atom is -0.494 e. The monoisotopic (exact) mass is 351 g/mol. The number of hydrogen-bond donors (Lipinski definition) is 1. The highest BCUT2D eigenvalue weighted by atomic mass is 19.1. The summed E-state index contributed by atoms with van der Waals surface area (Å²) in [4.78, 5) is 24.2. The van der Waals surface area contributed by atoms with Gasteiger partial charge in [-0.2, -0.15) is 0 Å². The van der Waals surface area contributed by atoms with Crippen LogP contribution in [0.2, 0.25) is 0 Å². The fourth-order valence-corrected chi connectivity index (χ4v) is 3.11. The molecule has 25 heavy (non-hydrogen) atoms. The van der Waals surface area contributed by atoms with Crippen molar-refractivity contribution >= 4 is 11.9 Å². The first kappa shape index (κ1) is 19.2. The zero-order chi connectivity index (χ0) is 18.4. The molecule has 1 aromatic rings. The molecular weight excluding hydrogens is 325 g/mol. The van der Waals surface area contributed by atoms with Crippen molar-refractivity contribution in [3.05, 3.63) is 29.6 Å². The molecule has 1 aromatic carbocycles. The standard InChI is InChI=1S/C19H26FNO4/c1-12-6-4-5-7-16(12)21-19(23)13(2)25-18(22)11-14-8-9-17(24-3)15(20)10-14/h8-10,12-13,16H,4-7,11H2,1-3H3,(H,21,23)/t12-,13+,16-/m0/s1. The van der Waals surface area contributed by atoms with Gasteiger partial charge in [0.2, 0.25) is 0 Å². The third kappa shape index (κ3) is 5.44. The number of nitrogens with one attached hydrogen (secondary N) is 1. The molecule has 1 aliphatic carbocycles. The molecule has 1 saturated carbocycles. The summed E-state index contributed by atoms with van der Waals surface area (Å²) in [6.45, 7) is 3.67. The van der Waals surface area contributed by atoms with E-state index in [-0.39, 0.29) is 24.1 Å². The van der Waals surface area contributed by atoms with Crippen molar-refractivity contribution < 1.29 is 23.5 Å². The van der Waals surface area contributed by atoms with Gasteiger partial charge in [0.1, 0.15) is 0 Å². The third-order valence-corrected chi connectivity index (χ3v) is 4.68. The van der Waals surface area contributed by atoms with Gasteiger partial charge in [-0.25, -0.2) is 4.39 Å². The second kappa shape index (κ2) is 8.83. The first-order valence-corrected chi connectivity index (χ1v) is 8.73. The van der Waals surface area contributed by atoms with Crippen molar-refractivity contribution in [2.24, 2.45) is 5.92 Å². The molecular formula is C19H26FNO4. The zero-order valence-electron chi connectivity index (χ0n) is 15.0. The van der Waals surface area contributed by atoms with Crippen molar-refractivity contribution in [2.75, 3.05) is 7.11 Å². The smallest absolute Gasteiger partial charge is 0.311 e. The number of hydrogen-bond acceptors (Lipinski definition) is 4. The Hall–Kier alpha value is -2.11. The minimum atomic E-state index is -0.871.